The van der Waals surface area contributed by atoms with E-state index in [4.69, 9.17) is 4.42 Å². The summed E-state index contributed by atoms with van der Waals surface area (Å²) in [5.41, 5.74) is 6.03. The lowest BCUT2D eigenvalue weighted by Crippen LogP contribution is -2.39. The van der Waals surface area contributed by atoms with Gasteiger partial charge in [-0.15, -0.1) is 5.46 Å². The third-order valence-electron chi connectivity index (χ3n) is 3.24. The van der Waals surface area contributed by atoms with Gasteiger partial charge < -0.3 is 4.42 Å². The van der Waals surface area contributed by atoms with E-state index in [9.17, 15) is 0 Å². The maximum absolute atomic E-state index is 5.74. The molecule has 0 aliphatic rings. The molecule has 0 aliphatic carbocycles. The van der Waals surface area contributed by atoms with Crippen molar-refractivity contribution in [3.8, 4) is 0 Å². The normalized spacial score (nSPS) is 10.7. The van der Waals surface area contributed by atoms with E-state index in [0.29, 0.717) is 0 Å². The third kappa shape index (κ3) is 1.36. The van der Waals surface area contributed by atoms with Gasteiger partial charge in [0.1, 0.15) is 34.9 Å². The Labute approximate surface area is 92.8 Å². The van der Waals surface area contributed by atoms with E-state index < -0.39 is 0 Å². The molecule has 1 nitrogen and oxygen atoms in total. The topological polar surface area (TPSA) is 13.1 Å². The fourth-order valence-corrected chi connectivity index (χ4v) is 2.10. The summed E-state index contributed by atoms with van der Waals surface area (Å²) < 4.78 is 5.74. The number of rotatable bonds is 1. The predicted octanol–water partition coefficient (Wildman–Crippen LogP) is -1.84. The zero-order valence-corrected chi connectivity index (χ0v) is 9.77. The third-order valence-corrected chi connectivity index (χ3v) is 3.24. The van der Waals surface area contributed by atoms with Gasteiger partial charge in [-0.25, -0.2) is 0 Å². The summed E-state index contributed by atoms with van der Waals surface area (Å²) in [5, 5.41) is 1.21. The maximum atomic E-state index is 5.74. The molecule has 0 atom stereocenters. The fraction of sp³-hybridized carbons (Fsp3) is 0.0909. The van der Waals surface area contributed by atoms with Crippen LogP contribution in [0.1, 0.15) is 11.3 Å². The van der Waals surface area contributed by atoms with E-state index in [2.05, 4.69) is 36.2 Å². The van der Waals surface area contributed by atoms with Crippen LogP contribution in [0, 0.1) is 6.92 Å². The number of hydrogen-bond acceptors (Lipinski definition) is 1. The van der Waals surface area contributed by atoms with Gasteiger partial charge in [0.05, 0.1) is 0 Å². The Hall–Kier alpha value is -1.31. The molecule has 0 aliphatic heterocycles. The second-order valence-electron chi connectivity index (χ2n) is 4.09. The number of furan rings is 1. The molecule has 0 fully saturated rings. The Morgan fingerprint density at radius 1 is 1.27 bits per heavy atom. The monoisotopic (exact) mass is 194 g/mol. The van der Waals surface area contributed by atoms with Gasteiger partial charge in [-0.05, 0) is 13.0 Å². The summed E-state index contributed by atoms with van der Waals surface area (Å²) >= 11 is 0. The summed E-state index contributed by atoms with van der Waals surface area (Å²) in [6.45, 7) is 5.83. The van der Waals surface area contributed by atoms with Crippen LogP contribution in [0.25, 0.3) is 17.0 Å². The van der Waals surface area contributed by atoms with Gasteiger partial charge in [0.2, 0.25) is 0 Å². The Balaban J connectivity index is 3.00. The van der Waals surface area contributed by atoms with Crippen LogP contribution in [0.4, 0.5) is 0 Å². The van der Waals surface area contributed by atoms with E-state index in [1.165, 1.54) is 21.8 Å². The molecule has 15 heavy (non-hydrogen) atoms. The highest BCUT2D eigenvalue weighted by atomic mass is 16.3. The van der Waals surface area contributed by atoms with E-state index in [1.54, 1.807) is 0 Å². The van der Waals surface area contributed by atoms with Crippen molar-refractivity contribution in [3.05, 3.63) is 24.0 Å². The molecule has 1 aromatic heterocycles. The van der Waals surface area contributed by atoms with Crippen LogP contribution in [0.2, 0.25) is 0 Å². The highest BCUT2D eigenvalue weighted by molar-refractivity contribution is 6.60. The molecule has 72 valence electrons. The molecule has 0 saturated heterocycles. The number of benzene rings is 1. The molecule has 1 heterocycles. The molecule has 0 N–H and O–H groups in total. The molecule has 4 heteroatoms. The lowest BCUT2D eigenvalue weighted by atomic mass is 9.70. The Bertz CT molecular complexity index is 555. The average Bonchev–Trinajstić information content (AvgIpc) is 2.50. The fourth-order valence-electron chi connectivity index (χ4n) is 2.10. The van der Waals surface area contributed by atoms with Crippen LogP contribution >= 0.6 is 0 Å². The molecule has 2 rings (SSSR count). The molecule has 2 aromatic rings. The van der Waals surface area contributed by atoms with Crippen LogP contribution < -0.4 is 16.4 Å². The first-order valence-electron chi connectivity index (χ1n) is 5.18. The van der Waals surface area contributed by atoms with Gasteiger partial charge in [-0.1, -0.05) is 23.6 Å². The summed E-state index contributed by atoms with van der Waals surface area (Å²) in [5.74, 6) is 0.952. The first kappa shape index (κ1) is 10.2. The zero-order valence-electron chi connectivity index (χ0n) is 9.77. The molecule has 0 bridgehead atoms. The minimum atomic E-state index is 0.952. The van der Waals surface area contributed by atoms with Crippen LogP contribution in [0.3, 0.4) is 0 Å². The highest BCUT2D eigenvalue weighted by Crippen LogP contribution is 2.23. The van der Waals surface area contributed by atoms with Crippen molar-refractivity contribution >= 4 is 57.0 Å². The van der Waals surface area contributed by atoms with Crippen molar-refractivity contribution < 1.29 is 4.42 Å². The van der Waals surface area contributed by atoms with Crippen molar-refractivity contribution in [2.24, 2.45) is 0 Å². The second kappa shape index (κ2) is 3.37. The summed E-state index contributed by atoms with van der Waals surface area (Å²) in [6, 6.07) is 2.11. The molecule has 0 amide bonds. The van der Waals surface area contributed by atoms with E-state index in [1.807, 2.05) is 13.0 Å². The minimum Gasteiger partial charge on any atom is -0.461 e. The molecular formula is C11H13B3O. The molecule has 0 saturated carbocycles. The van der Waals surface area contributed by atoms with Crippen molar-refractivity contribution in [1.29, 1.82) is 0 Å². The molecule has 1 aromatic carbocycles. The number of fused-ring (bicyclic) bond motifs is 1. The maximum Gasteiger partial charge on any atom is 0.139 e. The Morgan fingerprint density at radius 2 is 1.93 bits per heavy atom. The quantitative estimate of drug-likeness (QED) is 0.486. The van der Waals surface area contributed by atoms with E-state index >= 15 is 0 Å². The van der Waals surface area contributed by atoms with Crippen molar-refractivity contribution in [3.63, 3.8) is 0 Å². The largest absolute Gasteiger partial charge is 0.461 e. The first-order valence-corrected chi connectivity index (χ1v) is 5.18. The van der Waals surface area contributed by atoms with Gasteiger partial charge in [-0.2, -0.15) is 0 Å². The van der Waals surface area contributed by atoms with Crippen LogP contribution in [0.15, 0.2) is 17.1 Å². The highest BCUT2D eigenvalue weighted by Gasteiger charge is 2.12. The first-order chi connectivity index (χ1) is 7.06. The summed E-state index contributed by atoms with van der Waals surface area (Å²) in [6.07, 6.45) is 1.88. The molecular weight excluding hydrogens is 181 g/mol. The van der Waals surface area contributed by atoms with Gasteiger partial charge in [0, 0.05) is 10.9 Å². The van der Waals surface area contributed by atoms with Crippen molar-refractivity contribution in [2.75, 3.05) is 0 Å². The lowest BCUT2D eigenvalue weighted by Gasteiger charge is -2.06. The lowest BCUT2D eigenvalue weighted by molar-refractivity contribution is 0.578. The predicted molar refractivity (Wildman–Crippen MR) is 75.6 cm³/mol. The van der Waals surface area contributed by atoms with Crippen molar-refractivity contribution in [2.45, 2.75) is 6.92 Å². The summed E-state index contributed by atoms with van der Waals surface area (Å²) in [7, 11) is 6.42. The second-order valence-corrected chi connectivity index (χ2v) is 4.09. The van der Waals surface area contributed by atoms with E-state index in [-0.39, 0.29) is 0 Å². The van der Waals surface area contributed by atoms with Crippen molar-refractivity contribution in [1.82, 2.24) is 0 Å². The summed E-state index contributed by atoms with van der Waals surface area (Å²) in [4.78, 5) is 0. The van der Waals surface area contributed by atoms with E-state index in [0.717, 1.165) is 16.9 Å². The average molecular weight is 194 g/mol. The van der Waals surface area contributed by atoms with Crippen LogP contribution in [-0.4, -0.2) is 23.5 Å². The number of hydrogen-bond donors (Lipinski definition) is 0. The zero-order chi connectivity index (χ0) is 11.2. The molecule has 0 unspecified atom stereocenters. The molecule has 0 spiro atoms. The van der Waals surface area contributed by atoms with Gasteiger partial charge in [0.15, 0.2) is 0 Å². The van der Waals surface area contributed by atoms with Crippen LogP contribution in [-0.2, 0) is 0 Å². The van der Waals surface area contributed by atoms with Gasteiger partial charge in [0.25, 0.3) is 0 Å². The van der Waals surface area contributed by atoms with Crippen LogP contribution in [0.5, 0.6) is 0 Å². The van der Waals surface area contributed by atoms with Gasteiger partial charge in [-0.3, -0.25) is 0 Å². The minimum absolute atomic E-state index is 0.952. The van der Waals surface area contributed by atoms with Gasteiger partial charge >= 0.3 is 0 Å². The Morgan fingerprint density at radius 3 is 2.53 bits per heavy atom. The number of aryl methyl sites for hydroxylation is 1. The standard InChI is InChI=1S/C11H13B3O/c1-3-6-5(2)15-8-4-7(12)10(13)11(14)9(6)8/h3-4H,1,12-14H2,2H3. The Kier molecular flexibility index (Phi) is 2.30. The smallest absolute Gasteiger partial charge is 0.139 e. The SMILES string of the molecule is Bc1cc2oc(C)c(C=C)c2c(B)c1B. The molecule has 0 radical (unpaired) electrons.